The Bertz CT molecular complexity index is 781. The number of benzene rings is 2. The maximum absolute atomic E-state index is 13.2. The quantitative estimate of drug-likeness (QED) is 0.747. The molecular weight excluding hydrogens is 348 g/mol. The molecule has 2 aromatic carbocycles. The summed E-state index contributed by atoms with van der Waals surface area (Å²) in [4.78, 5) is 27.6. The first kappa shape index (κ1) is 21.7. The van der Waals surface area contributed by atoms with Crippen molar-refractivity contribution in [3.05, 3.63) is 70.8 Å². The van der Waals surface area contributed by atoms with Crippen molar-refractivity contribution in [1.29, 1.82) is 0 Å². The van der Waals surface area contributed by atoms with Gasteiger partial charge in [-0.2, -0.15) is 0 Å². The number of amides is 2. The first-order valence-corrected chi connectivity index (χ1v) is 10.0. The van der Waals surface area contributed by atoms with E-state index in [0.29, 0.717) is 6.54 Å². The van der Waals surface area contributed by atoms with E-state index in [9.17, 15) is 9.59 Å². The van der Waals surface area contributed by atoms with E-state index in [4.69, 9.17) is 0 Å². The van der Waals surface area contributed by atoms with Crippen molar-refractivity contribution < 1.29 is 9.59 Å². The fourth-order valence-corrected chi connectivity index (χ4v) is 3.28. The summed E-state index contributed by atoms with van der Waals surface area (Å²) < 4.78 is 0. The molecule has 0 aliphatic rings. The van der Waals surface area contributed by atoms with Crippen molar-refractivity contribution in [2.45, 2.75) is 66.1 Å². The molecule has 0 spiro atoms. The molecule has 0 unspecified atom stereocenters. The zero-order valence-corrected chi connectivity index (χ0v) is 17.7. The fraction of sp³-hybridized carbons (Fsp3) is 0.417. The van der Waals surface area contributed by atoms with Crippen molar-refractivity contribution in [2.24, 2.45) is 0 Å². The Kier molecular flexibility index (Phi) is 7.80. The van der Waals surface area contributed by atoms with E-state index in [1.807, 2.05) is 70.2 Å². The highest BCUT2D eigenvalue weighted by Crippen LogP contribution is 2.15. The Morgan fingerprint density at radius 2 is 1.57 bits per heavy atom. The van der Waals surface area contributed by atoms with Gasteiger partial charge in [0, 0.05) is 12.6 Å². The van der Waals surface area contributed by atoms with Crippen molar-refractivity contribution in [1.82, 2.24) is 10.2 Å². The van der Waals surface area contributed by atoms with Crippen LogP contribution in [0.25, 0.3) is 0 Å². The Labute approximate surface area is 169 Å². The van der Waals surface area contributed by atoms with E-state index in [0.717, 1.165) is 28.7 Å². The molecule has 2 aromatic rings. The van der Waals surface area contributed by atoms with Gasteiger partial charge in [-0.05, 0) is 45.2 Å². The van der Waals surface area contributed by atoms with E-state index >= 15 is 0 Å². The molecule has 0 radical (unpaired) electrons. The summed E-state index contributed by atoms with van der Waals surface area (Å²) in [5, 5.41) is 3.00. The molecule has 4 nitrogen and oxygen atoms in total. The summed E-state index contributed by atoms with van der Waals surface area (Å²) >= 11 is 0. The molecule has 0 heterocycles. The van der Waals surface area contributed by atoms with E-state index in [1.54, 1.807) is 11.8 Å². The second-order valence-electron chi connectivity index (χ2n) is 7.67. The topological polar surface area (TPSA) is 49.4 Å². The van der Waals surface area contributed by atoms with Crippen LogP contribution in [0.2, 0.25) is 0 Å². The van der Waals surface area contributed by atoms with E-state index in [1.165, 1.54) is 0 Å². The minimum Gasteiger partial charge on any atom is -0.352 e. The molecule has 0 aromatic heterocycles. The zero-order valence-electron chi connectivity index (χ0n) is 17.7. The SMILES string of the molecule is CC[C@H](C)NC(=O)[C@@H](C)N(Cc1ccccc1)C(=O)Cc1cc(C)cc(C)c1. The Morgan fingerprint density at radius 3 is 2.14 bits per heavy atom. The fourth-order valence-electron chi connectivity index (χ4n) is 3.28. The Morgan fingerprint density at radius 1 is 0.964 bits per heavy atom. The third-order valence-corrected chi connectivity index (χ3v) is 5.00. The highest BCUT2D eigenvalue weighted by molar-refractivity contribution is 5.88. The first-order chi connectivity index (χ1) is 13.3. The van der Waals surface area contributed by atoms with Crippen LogP contribution in [0.4, 0.5) is 0 Å². The van der Waals surface area contributed by atoms with Gasteiger partial charge in [-0.15, -0.1) is 0 Å². The zero-order chi connectivity index (χ0) is 20.7. The third kappa shape index (κ3) is 6.22. The lowest BCUT2D eigenvalue weighted by molar-refractivity contribution is -0.140. The number of nitrogens with one attached hydrogen (secondary N) is 1. The molecule has 0 fully saturated rings. The maximum atomic E-state index is 13.2. The minimum absolute atomic E-state index is 0.0411. The van der Waals surface area contributed by atoms with Crippen LogP contribution in [0.15, 0.2) is 48.5 Å². The molecule has 0 aliphatic heterocycles. The van der Waals surface area contributed by atoms with Crippen LogP contribution in [0, 0.1) is 13.8 Å². The second-order valence-corrected chi connectivity index (χ2v) is 7.67. The van der Waals surface area contributed by atoms with Crippen LogP contribution in [0.5, 0.6) is 0 Å². The van der Waals surface area contributed by atoms with Crippen molar-refractivity contribution >= 4 is 11.8 Å². The lowest BCUT2D eigenvalue weighted by atomic mass is 10.0. The van der Waals surface area contributed by atoms with Gasteiger partial charge in [0.1, 0.15) is 6.04 Å². The molecule has 0 saturated heterocycles. The van der Waals surface area contributed by atoms with Gasteiger partial charge in [0.25, 0.3) is 0 Å². The first-order valence-electron chi connectivity index (χ1n) is 10.0. The number of aryl methyl sites for hydroxylation is 2. The van der Waals surface area contributed by atoms with Crippen molar-refractivity contribution in [3.63, 3.8) is 0 Å². The van der Waals surface area contributed by atoms with Gasteiger partial charge in [0.15, 0.2) is 0 Å². The van der Waals surface area contributed by atoms with Gasteiger partial charge in [0.2, 0.25) is 11.8 Å². The van der Waals surface area contributed by atoms with E-state index in [2.05, 4.69) is 11.4 Å². The summed E-state index contributed by atoms with van der Waals surface area (Å²) in [5.74, 6) is -0.153. The number of carbonyl (C=O) groups is 2. The Balaban J connectivity index is 2.23. The largest absolute Gasteiger partial charge is 0.352 e. The smallest absolute Gasteiger partial charge is 0.242 e. The summed E-state index contributed by atoms with van der Waals surface area (Å²) in [6, 6.07) is 15.5. The lowest BCUT2D eigenvalue weighted by Gasteiger charge is -2.30. The number of nitrogens with zero attached hydrogens (tertiary/aromatic N) is 1. The monoisotopic (exact) mass is 380 g/mol. The van der Waals surface area contributed by atoms with Gasteiger partial charge < -0.3 is 10.2 Å². The molecule has 1 N–H and O–H groups in total. The molecule has 2 atom stereocenters. The number of hydrogen-bond donors (Lipinski definition) is 1. The minimum atomic E-state index is -0.535. The molecular formula is C24H32N2O2. The molecule has 0 aliphatic carbocycles. The highest BCUT2D eigenvalue weighted by atomic mass is 16.2. The van der Waals surface area contributed by atoms with Crippen LogP contribution in [-0.2, 0) is 22.6 Å². The van der Waals surface area contributed by atoms with Crippen LogP contribution in [0.3, 0.4) is 0 Å². The van der Waals surface area contributed by atoms with Gasteiger partial charge in [-0.3, -0.25) is 9.59 Å². The maximum Gasteiger partial charge on any atom is 0.242 e. The normalized spacial score (nSPS) is 12.9. The van der Waals surface area contributed by atoms with Crippen molar-refractivity contribution in [3.8, 4) is 0 Å². The molecule has 0 saturated carbocycles. The molecule has 4 heteroatoms. The second kappa shape index (κ2) is 10.1. The Hall–Kier alpha value is -2.62. The average molecular weight is 381 g/mol. The van der Waals surface area contributed by atoms with Gasteiger partial charge in [-0.25, -0.2) is 0 Å². The lowest BCUT2D eigenvalue weighted by Crippen LogP contribution is -2.49. The number of hydrogen-bond acceptors (Lipinski definition) is 2. The molecule has 2 rings (SSSR count). The molecule has 150 valence electrons. The van der Waals surface area contributed by atoms with Crippen LogP contribution < -0.4 is 5.32 Å². The molecule has 2 amide bonds. The summed E-state index contributed by atoms with van der Waals surface area (Å²) in [6.07, 6.45) is 1.14. The summed E-state index contributed by atoms with van der Waals surface area (Å²) in [5.41, 5.74) is 4.27. The van der Waals surface area contributed by atoms with Crippen LogP contribution >= 0.6 is 0 Å². The standard InChI is InChI=1S/C24H32N2O2/c1-6-19(4)25-24(28)20(5)26(16-21-10-8-7-9-11-21)23(27)15-22-13-17(2)12-18(3)14-22/h7-14,19-20H,6,15-16H2,1-5H3,(H,25,28)/t19-,20+/m0/s1. The summed E-state index contributed by atoms with van der Waals surface area (Å²) in [7, 11) is 0. The van der Waals surface area contributed by atoms with Gasteiger partial charge >= 0.3 is 0 Å². The van der Waals surface area contributed by atoms with E-state index in [-0.39, 0.29) is 24.3 Å². The van der Waals surface area contributed by atoms with Crippen LogP contribution in [0.1, 0.15) is 49.4 Å². The molecule has 0 bridgehead atoms. The van der Waals surface area contributed by atoms with Crippen LogP contribution in [-0.4, -0.2) is 28.8 Å². The predicted octanol–water partition coefficient (Wildman–Crippen LogP) is 4.18. The van der Waals surface area contributed by atoms with Gasteiger partial charge in [0.05, 0.1) is 6.42 Å². The molecule has 28 heavy (non-hydrogen) atoms. The van der Waals surface area contributed by atoms with Crippen molar-refractivity contribution in [2.75, 3.05) is 0 Å². The highest BCUT2D eigenvalue weighted by Gasteiger charge is 2.26. The average Bonchev–Trinajstić information content (AvgIpc) is 2.65. The number of rotatable bonds is 8. The van der Waals surface area contributed by atoms with Gasteiger partial charge in [-0.1, -0.05) is 66.6 Å². The predicted molar refractivity (Wildman–Crippen MR) is 114 cm³/mol. The summed E-state index contributed by atoms with van der Waals surface area (Å²) in [6.45, 7) is 10.3. The van der Waals surface area contributed by atoms with E-state index < -0.39 is 6.04 Å². The number of carbonyl (C=O) groups excluding carboxylic acids is 2. The third-order valence-electron chi connectivity index (χ3n) is 5.00.